The minimum atomic E-state index is -4.56. The number of nitrogens with zero attached hydrogens (tertiary/aromatic N) is 4. The molecule has 11 heteroatoms. The smallest absolute Gasteiger partial charge is 0.435 e. The van der Waals surface area contributed by atoms with E-state index in [1.807, 2.05) is 4.90 Å². The number of alkyl halides is 3. The summed E-state index contributed by atoms with van der Waals surface area (Å²) in [6.07, 6.45) is -4.56. The van der Waals surface area contributed by atoms with E-state index in [9.17, 15) is 22.8 Å². The third-order valence-electron chi connectivity index (χ3n) is 5.50. The SMILES string of the molecule is CCOC(=O)c1cc(N2CCN(C(=O)Cn3nc(C(F)(F)F)c(C)c3C)CC2)ccc1Cl. The fourth-order valence-corrected chi connectivity index (χ4v) is 3.77. The second-order valence-electron chi connectivity index (χ2n) is 7.47. The zero-order chi connectivity index (χ0) is 23.6. The van der Waals surface area contributed by atoms with E-state index in [0.717, 1.165) is 10.4 Å². The van der Waals surface area contributed by atoms with Crippen LogP contribution in [-0.2, 0) is 22.3 Å². The zero-order valence-corrected chi connectivity index (χ0v) is 18.8. The molecule has 0 N–H and O–H groups in total. The van der Waals surface area contributed by atoms with Crippen molar-refractivity contribution in [2.75, 3.05) is 37.7 Å². The minimum absolute atomic E-state index is 0.0234. The number of hydrogen-bond acceptors (Lipinski definition) is 5. The molecule has 0 bridgehead atoms. The molecule has 1 saturated heterocycles. The molecule has 1 aliphatic rings. The molecule has 0 saturated carbocycles. The van der Waals surface area contributed by atoms with Gasteiger partial charge in [0.25, 0.3) is 0 Å². The van der Waals surface area contributed by atoms with Gasteiger partial charge in [0.05, 0.1) is 17.2 Å². The van der Waals surface area contributed by atoms with E-state index in [0.29, 0.717) is 36.9 Å². The summed E-state index contributed by atoms with van der Waals surface area (Å²) in [5.74, 6) is -0.802. The summed E-state index contributed by atoms with van der Waals surface area (Å²) in [6.45, 7) is 6.34. The van der Waals surface area contributed by atoms with Crippen LogP contribution in [-0.4, -0.2) is 59.3 Å². The predicted octanol–water partition coefficient (Wildman–Crippen LogP) is 3.70. The molecule has 2 heterocycles. The van der Waals surface area contributed by atoms with Gasteiger partial charge in [-0.1, -0.05) is 11.6 Å². The van der Waals surface area contributed by atoms with Gasteiger partial charge < -0.3 is 14.5 Å². The summed E-state index contributed by atoms with van der Waals surface area (Å²) >= 11 is 6.11. The zero-order valence-electron chi connectivity index (χ0n) is 18.0. The fraction of sp³-hybridized carbons (Fsp3) is 0.476. The first kappa shape index (κ1) is 23.9. The topological polar surface area (TPSA) is 67.7 Å². The number of halogens is 4. The lowest BCUT2D eigenvalue weighted by atomic mass is 10.1. The Labute approximate surface area is 188 Å². The lowest BCUT2D eigenvalue weighted by Crippen LogP contribution is -2.49. The quantitative estimate of drug-likeness (QED) is 0.621. The van der Waals surface area contributed by atoms with Gasteiger partial charge >= 0.3 is 12.1 Å². The van der Waals surface area contributed by atoms with Crippen LogP contribution in [0.2, 0.25) is 5.02 Å². The Morgan fingerprint density at radius 1 is 1.16 bits per heavy atom. The first-order valence-electron chi connectivity index (χ1n) is 10.1. The van der Waals surface area contributed by atoms with Crippen LogP contribution in [0, 0.1) is 13.8 Å². The Morgan fingerprint density at radius 2 is 1.81 bits per heavy atom. The van der Waals surface area contributed by atoms with Crippen molar-refractivity contribution >= 4 is 29.2 Å². The third-order valence-corrected chi connectivity index (χ3v) is 5.83. The van der Waals surface area contributed by atoms with E-state index in [4.69, 9.17) is 16.3 Å². The van der Waals surface area contributed by atoms with Gasteiger partial charge in [0, 0.05) is 43.1 Å². The average molecular weight is 473 g/mol. The van der Waals surface area contributed by atoms with Gasteiger partial charge in [-0.25, -0.2) is 4.79 Å². The summed E-state index contributed by atoms with van der Waals surface area (Å²) in [7, 11) is 0. The van der Waals surface area contributed by atoms with Gasteiger partial charge in [-0.15, -0.1) is 0 Å². The van der Waals surface area contributed by atoms with Crippen LogP contribution in [0.4, 0.5) is 18.9 Å². The maximum atomic E-state index is 13.1. The van der Waals surface area contributed by atoms with Crippen LogP contribution in [0.3, 0.4) is 0 Å². The number of hydrogen-bond donors (Lipinski definition) is 0. The molecule has 0 spiro atoms. The van der Waals surface area contributed by atoms with Crippen LogP contribution in [0.1, 0.15) is 34.2 Å². The number of benzene rings is 1. The summed E-state index contributed by atoms with van der Waals surface area (Å²) in [4.78, 5) is 28.4. The van der Waals surface area contributed by atoms with Gasteiger partial charge in [-0.05, 0) is 39.0 Å². The molecule has 1 aromatic carbocycles. The highest BCUT2D eigenvalue weighted by Crippen LogP contribution is 2.32. The molecule has 0 atom stereocenters. The Bertz CT molecular complexity index is 1010. The fourth-order valence-electron chi connectivity index (χ4n) is 3.58. The molecule has 32 heavy (non-hydrogen) atoms. The van der Waals surface area contributed by atoms with E-state index in [2.05, 4.69) is 5.10 Å². The molecular formula is C21H24ClF3N4O3. The average Bonchev–Trinajstić information content (AvgIpc) is 3.03. The van der Waals surface area contributed by atoms with Gasteiger partial charge in [-0.2, -0.15) is 18.3 Å². The van der Waals surface area contributed by atoms with Crippen molar-refractivity contribution in [2.24, 2.45) is 0 Å². The number of amides is 1. The Hall–Kier alpha value is -2.75. The highest BCUT2D eigenvalue weighted by Gasteiger charge is 2.37. The second kappa shape index (κ2) is 9.40. The number of piperazine rings is 1. The van der Waals surface area contributed by atoms with Gasteiger partial charge in [0.2, 0.25) is 5.91 Å². The van der Waals surface area contributed by atoms with Gasteiger partial charge in [0.15, 0.2) is 5.69 Å². The molecule has 3 rings (SSSR count). The third kappa shape index (κ3) is 5.01. The van der Waals surface area contributed by atoms with E-state index < -0.39 is 17.8 Å². The normalized spacial score (nSPS) is 14.6. The van der Waals surface area contributed by atoms with Gasteiger partial charge in [-0.3, -0.25) is 9.48 Å². The maximum absolute atomic E-state index is 13.1. The molecule has 0 aliphatic carbocycles. The summed E-state index contributed by atoms with van der Waals surface area (Å²) in [5, 5.41) is 3.90. The summed E-state index contributed by atoms with van der Waals surface area (Å²) in [5.41, 5.74) is 0.424. The first-order valence-corrected chi connectivity index (χ1v) is 10.5. The number of rotatable bonds is 5. The van der Waals surface area contributed by atoms with Crippen molar-refractivity contribution < 1.29 is 27.5 Å². The molecule has 1 aromatic heterocycles. The molecule has 2 aromatic rings. The number of anilines is 1. The molecular weight excluding hydrogens is 449 g/mol. The number of aromatic nitrogens is 2. The maximum Gasteiger partial charge on any atom is 0.435 e. The van der Waals surface area contributed by atoms with Gasteiger partial charge in [0.1, 0.15) is 6.54 Å². The van der Waals surface area contributed by atoms with Crippen molar-refractivity contribution in [3.63, 3.8) is 0 Å². The van der Waals surface area contributed by atoms with Crippen LogP contribution in [0.5, 0.6) is 0 Å². The van der Waals surface area contributed by atoms with Crippen LogP contribution in [0.15, 0.2) is 18.2 Å². The number of esters is 1. The van der Waals surface area contributed by atoms with Crippen LogP contribution >= 0.6 is 11.6 Å². The molecule has 0 unspecified atom stereocenters. The number of carbonyl (C=O) groups is 2. The predicted molar refractivity (Wildman–Crippen MR) is 113 cm³/mol. The highest BCUT2D eigenvalue weighted by atomic mass is 35.5. The molecule has 7 nitrogen and oxygen atoms in total. The number of carbonyl (C=O) groups excluding carboxylic acids is 2. The second-order valence-corrected chi connectivity index (χ2v) is 7.87. The highest BCUT2D eigenvalue weighted by molar-refractivity contribution is 6.33. The largest absolute Gasteiger partial charge is 0.462 e. The number of ether oxygens (including phenoxy) is 1. The lowest BCUT2D eigenvalue weighted by Gasteiger charge is -2.36. The monoisotopic (exact) mass is 472 g/mol. The van der Waals surface area contributed by atoms with Crippen molar-refractivity contribution in [1.82, 2.24) is 14.7 Å². The van der Waals surface area contributed by atoms with E-state index in [1.165, 1.54) is 13.8 Å². The molecule has 1 aliphatic heterocycles. The lowest BCUT2D eigenvalue weighted by molar-refractivity contribution is -0.142. The summed E-state index contributed by atoms with van der Waals surface area (Å²) in [6, 6.07) is 5.07. The first-order chi connectivity index (χ1) is 15.0. The van der Waals surface area contributed by atoms with E-state index in [1.54, 1.807) is 30.0 Å². The van der Waals surface area contributed by atoms with Crippen molar-refractivity contribution in [1.29, 1.82) is 0 Å². The van der Waals surface area contributed by atoms with Crippen LogP contribution < -0.4 is 4.90 Å². The van der Waals surface area contributed by atoms with Crippen molar-refractivity contribution in [3.05, 3.63) is 45.7 Å². The van der Waals surface area contributed by atoms with Crippen molar-refractivity contribution in [2.45, 2.75) is 33.5 Å². The van der Waals surface area contributed by atoms with E-state index >= 15 is 0 Å². The molecule has 1 amide bonds. The van der Waals surface area contributed by atoms with Crippen molar-refractivity contribution in [3.8, 4) is 0 Å². The molecule has 0 radical (unpaired) electrons. The Morgan fingerprint density at radius 3 is 2.38 bits per heavy atom. The standard InChI is InChI=1S/C21H24ClF3N4O3/c1-4-32-20(31)16-11-15(5-6-17(16)22)27-7-9-28(10-8-27)18(30)12-29-14(3)13(2)19(26-29)21(23,24)25/h5-6,11H,4,7-10,12H2,1-3H3. The minimum Gasteiger partial charge on any atom is -0.462 e. The summed E-state index contributed by atoms with van der Waals surface area (Å²) < 4.78 is 45.3. The van der Waals surface area contributed by atoms with E-state index in [-0.39, 0.29) is 30.2 Å². The Kier molecular flexibility index (Phi) is 7.02. The molecule has 1 fully saturated rings. The van der Waals surface area contributed by atoms with Crippen LogP contribution in [0.25, 0.3) is 0 Å². The molecule has 174 valence electrons. The Balaban J connectivity index is 1.65.